The van der Waals surface area contributed by atoms with Crippen molar-refractivity contribution in [3.8, 4) is 0 Å². The minimum Gasteiger partial charge on any atom is -0.459 e. The van der Waals surface area contributed by atoms with Crippen LogP contribution in [0.5, 0.6) is 0 Å². The van der Waals surface area contributed by atoms with Gasteiger partial charge in [-0.2, -0.15) is 0 Å². The summed E-state index contributed by atoms with van der Waals surface area (Å²) in [6.45, 7) is 4.88. The number of carbonyl (C=O) groups is 4. The average Bonchev–Trinajstić information content (AvgIpc) is 3.03. The zero-order valence-corrected chi connectivity index (χ0v) is 16.6. The number of carbonyl (C=O) groups excluding carboxylic acids is 4. The normalized spacial score (nSPS) is 24.1. The van der Waals surface area contributed by atoms with Crippen LogP contribution in [0.15, 0.2) is 6.20 Å². The first-order valence-electron chi connectivity index (χ1n) is 8.34. The van der Waals surface area contributed by atoms with Gasteiger partial charge in [-0.25, -0.2) is 4.68 Å². The van der Waals surface area contributed by atoms with Crippen LogP contribution in [0.2, 0.25) is 0 Å². The van der Waals surface area contributed by atoms with E-state index in [-0.39, 0.29) is 12.4 Å². The molecule has 1 aliphatic heterocycles. The molecule has 0 N–H and O–H groups in total. The highest BCUT2D eigenvalue weighted by molar-refractivity contribution is 7.99. The Morgan fingerprint density at radius 2 is 1.61 bits per heavy atom. The Bertz CT molecular complexity index is 752. The van der Waals surface area contributed by atoms with Crippen LogP contribution in [-0.4, -0.2) is 62.9 Å². The summed E-state index contributed by atoms with van der Waals surface area (Å²) in [5, 5.41) is 7.31. The van der Waals surface area contributed by atoms with Crippen LogP contribution in [0.4, 0.5) is 0 Å². The first-order valence-corrected chi connectivity index (χ1v) is 9.39. The third-order valence-corrected chi connectivity index (χ3v) is 4.91. The minimum atomic E-state index is -1.02. The monoisotopic (exact) mass is 415 g/mol. The molecule has 12 heteroatoms. The average molecular weight is 415 g/mol. The summed E-state index contributed by atoms with van der Waals surface area (Å²) in [5.41, 5.74) is 0.392. The molecular weight excluding hydrogens is 394 g/mol. The molecule has 154 valence electrons. The molecule has 0 saturated carbocycles. The topological polar surface area (TPSA) is 136 Å². The molecule has 0 amide bonds. The summed E-state index contributed by atoms with van der Waals surface area (Å²) in [6, 6.07) is 0. The predicted octanol–water partition coefficient (Wildman–Crippen LogP) is 0.382. The Labute approximate surface area is 165 Å². The zero-order valence-electron chi connectivity index (χ0n) is 15.8. The van der Waals surface area contributed by atoms with E-state index in [2.05, 4.69) is 10.3 Å². The van der Waals surface area contributed by atoms with E-state index in [4.69, 9.17) is 18.9 Å². The number of hydrogen-bond acceptors (Lipinski definition) is 11. The van der Waals surface area contributed by atoms with Crippen molar-refractivity contribution in [2.24, 2.45) is 0 Å². The van der Waals surface area contributed by atoms with Crippen molar-refractivity contribution in [3.63, 3.8) is 0 Å². The van der Waals surface area contributed by atoms with Crippen molar-refractivity contribution in [3.05, 3.63) is 11.9 Å². The Kier molecular flexibility index (Phi) is 7.38. The Hall–Kier alpha value is -2.63. The van der Waals surface area contributed by atoms with Gasteiger partial charge in [-0.3, -0.25) is 19.2 Å². The van der Waals surface area contributed by atoms with Gasteiger partial charge in [0.1, 0.15) is 17.7 Å². The summed E-state index contributed by atoms with van der Waals surface area (Å²) >= 11 is 1.29. The van der Waals surface area contributed by atoms with E-state index in [0.29, 0.717) is 5.69 Å². The summed E-state index contributed by atoms with van der Waals surface area (Å²) in [7, 11) is 0. The van der Waals surface area contributed by atoms with Crippen molar-refractivity contribution in [1.82, 2.24) is 15.0 Å². The fourth-order valence-corrected chi connectivity index (χ4v) is 3.93. The van der Waals surface area contributed by atoms with E-state index in [1.807, 2.05) is 0 Å². The second kappa shape index (κ2) is 9.53. The molecule has 2 rings (SSSR count). The maximum Gasteiger partial charge on any atom is 0.303 e. The van der Waals surface area contributed by atoms with Gasteiger partial charge in [0.2, 0.25) is 0 Å². The molecule has 1 aromatic rings. The molecule has 11 nitrogen and oxygen atoms in total. The van der Waals surface area contributed by atoms with Gasteiger partial charge in [0.05, 0.1) is 6.20 Å². The van der Waals surface area contributed by atoms with Gasteiger partial charge in [0.15, 0.2) is 18.3 Å². The maximum atomic E-state index is 11.6. The summed E-state index contributed by atoms with van der Waals surface area (Å²) < 4.78 is 22.3. The van der Waals surface area contributed by atoms with Gasteiger partial charge in [-0.1, -0.05) is 5.21 Å². The van der Waals surface area contributed by atoms with Gasteiger partial charge in [0, 0.05) is 33.4 Å². The van der Waals surface area contributed by atoms with E-state index in [1.165, 1.54) is 50.3 Å². The van der Waals surface area contributed by atoms with Gasteiger partial charge < -0.3 is 18.9 Å². The van der Waals surface area contributed by atoms with Crippen LogP contribution in [0.25, 0.3) is 0 Å². The highest BCUT2D eigenvalue weighted by Crippen LogP contribution is 2.39. The summed E-state index contributed by atoms with van der Waals surface area (Å²) in [5.74, 6) is -1.94. The molecule has 1 saturated heterocycles. The maximum absolute atomic E-state index is 11.6. The smallest absolute Gasteiger partial charge is 0.303 e. The van der Waals surface area contributed by atoms with E-state index < -0.39 is 47.6 Å². The van der Waals surface area contributed by atoms with E-state index in [9.17, 15) is 19.2 Å². The molecule has 0 aromatic carbocycles. The second-order valence-electron chi connectivity index (χ2n) is 5.99. The van der Waals surface area contributed by atoms with E-state index in [0.717, 1.165) is 0 Å². The number of esters is 4. The van der Waals surface area contributed by atoms with Gasteiger partial charge >= 0.3 is 23.9 Å². The van der Waals surface area contributed by atoms with Gasteiger partial charge in [-0.15, -0.1) is 16.9 Å². The number of thioether (sulfide) groups is 1. The van der Waals surface area contributed by atoms with E-state index >= 15 is 0 Å². The quantitative estimate of drug-likeness (QED) is 0.471. The second-order valence-corrected chi connectivity index (χ2v) is 7.14. The fourth-order valence-electron chi connectivity index (χ4n) is 2.63. The molecule has 0 bridgehead atoms. The lowest BCUT2D eigenvalue weighted by Crippen LogP contribution is -2.52. The van der Waals surface area contributed by atoms with Crippen LogP contribution < -0.4 is 0 Å². The number of aromatic nitrogens is 3. The predicted molar refractivity (Wildman–Crippen MR) is 93.6 cm³/mol. The zero-order chi connectivity index (χ0) is 20.8. The van der Waals surface area contributed by atoms with Crippen molar-refractivity contribution in [1.29, 1.82) is 0 Å². The minimum absolute atomic E-state index is 0.0611. The third-order valence-electron chi connectivity index (χ3n) is 3.57. The molecule has 1 fully saturated rings. The van der Waals surface area contributed by atoms with E-state index in [1.54, 1.807) is 0 Å². The SMILES string of the molecule is CC(=O)OCc1cn([C@@H]2SC[C@@H](OC(C)=O)[C@H](OC(C)=O)[C@H]2OC(C)=O)nn1. The van der Waals surface area contributed by atoms with Crippen LogP contribution in [-0.2, 0) is 44.7 Å². The number of nitrogens with zero attached hydrogens (tertiary/aromatic N) is 3. The van der Waals surface area contributed by atoms with Crippen LogP contribution in [0.1, 0.15) is 38.8 Å². The Morgan fingerprint density at radius 3 is 2.18 bits per heavy atom. The number of ether oxygens (including phenoxy) is 4. The van der Waals surface area contributed by atoms with Crippen molar-refractivity contribution >= 4 is 35.6 Å². The highest BCUT2D eigenvalue weighted by Gasteiger charge is 2.47. The lowest BCUT2D eigenvalue weighted by atomic mass is 10.1. The molecule has 0 spiro atoms. The summed E-state index contributed by atoms with van der Waals surface area (Å²) in [4.78, 5) is 45.6. The molecule has 28 heavy (non-hydrogen) atoms. The molecule has 0 radical (unpaired) electrons. The highest BCUT2D eigenvalue weighted by atomic mass is 32.2. The first kappa shape index (κ1) is 21.7. The third kappa shape index (κ3) is 5.94. The fraction of sp³-hybridized carbons (Fsp3) is 0.625. The molecule has 0 unspecified atom stereocenters. The number of hydrogen-bond donors (Lipinski definition) is 0. The van der Waals surface area contributed by atoms with Crippen molar-refractivity contribution in [2.75, 3.05) is 5.75 Å². The van der Waals surface area contributed by atoms with Gasteiger partial charge in [-0.05, 0) is 0 Å². The molecular formula is C16H21N3O8S. The lowest BCUT2D eigenvalue weighted by molar-refractivity contribution is -0.183. The number of rotatable bonds is 6. The van der Waals surface area contributed by atoms with Crippen molar-refractivity contribution in [2.45, 2.75) is 58.0 Å². The van der Waals surface area contributed by atoms with Crippen LogP contribution >= 0.6 is 11.8 Å². The first-order chi connectivity index (χ1) is 13.2. The molecule has 1 aromatic heterocycles. The van der Waals surface area contributed by atoms with Gasteiger partial charge in [0.25, 0.3) is 0 Å². The Balaban J connectivity index is 2.29. The molecule has 2 heterocycles. The molecule has 4 atom stereocenters. The molecule has 0 aliphatic carbocycles. The summed E-state index contributed by atoms with van der Waals surface area (Å²) in [6.07, 6.45) is -1.25. The van der Waals surface area contributed by atoms with Crippen molar-refractivity contribution < 1.29 is 38.1 Å². The Morgan fingerprint density at radius 1 is 1.00 bits per heavy atom. The van der Waals surface area contributed by atoms with Crippen LogP contribution in [0.3, 0.4) is 0 Å². The largest absolute Gasteiger partial charge is 0.459 e. The molecule has 1 aliphatic rings. The standard InChI is InChI=1S/C16H21N3O8S/c1-8(20)24-6-12-5-19(18-17-12)16-15(27-11(4)23)14(26-10(3)22)13(7-28-16)25-9(2)21/h5,13-16H,6-7H2,1-4H3/t13-,14+,15-,16-/m1/s1. The lowest BCUT2D eigenvalue weighted by Gasteiger charge is -2.39. The van der Waals surface area contributed by atoms with Crippen LogP contribution in [0, 0.1) is 0 Å².